The van der Waals surface area contributed by atoms with Crippen molar-refractivity contribution >= 4 is 66.2 Å². The molecule has 7 nitrogen and oxygen atoms in total. The van der Waals surface area contributed by atoms with Gasteiger partial charge < -0.3 is 19.4 Å². The minimum Gasteiger partial charge on any atom is -0.497 e. The molecule has 0 radical (unpaired) electrons. The first kappa shape index (κ1) is 28.4. The minimum atomic E-state index is -0.987. The third-order valence-electron chi connectivity index (χ3n) is 6.56. The number of carbonyl (C=O) groups excluding carboxylic acids is 3. The van der Waals surface area contributed by atoms with Crippen LogP contribution in [0.25, 0.3) is 20.2 Å². The number of benzene rings is 2. The van der Waals surface area contributed by atoms with Crippen LogP contribution in [-0.2, 0) is 22.4 Å². The number of carboxylic acid groups (broad SMARTS) is 1. The van der Waals surface area contributed by atoms with E-state index < -0.39 is 5.97 Å². The van der Waals surface area contributed by atoms with Gasteiger partial charge in [0.1, 0.15) is 17.3 Å². The Morgan fingerprint density at radius 2 is 1.41 bits per heavy atom. The summed E-state index contributed by atoms with van der Waals surface area (Å²) in [4.78, 5) is 48.4. The van der Waals surface area contributed by atoms with Crippen molar-refractivity contribution in [1.29, 1.82) is 0 Å². The van der Waals surface area contributed by atoms with Crippen molar-refractivity contribution in [3.8, 4) is 11.5 Å². The molecular weight excluding hydrogens is 536 g/mol. The van der Waals surface area contributed by atoms with E-state index in [1.165, 1.54) is 29.6 Å². The molecular formula is C30H30O7S2. The summed E-state index contributed by atoms with van der Waals surface area (Å²) in [5.74, 6) is 0.301. The number of Topliss-reactive ketones (excluding diaryl/α,β-unsaturated/α-hetero) is 3. The number of fused-ring (bicyclic) bond motifs is 2. The first-order chi connectivity index (χ1) is 18.7. The molecule has 0 bridgehead atoms. The Bertz CT molecular complexity index is 1560. The molecule has 0 saturated heterocycles. The number of aryl methyl sites for hydroxylation is 2. The Kier molecular flexibility index (Phi) is 9.14. The van der Waals surface area contributed by atoms with E-state index in [1.807, 2.05) is 30.3 Å². The van der Waals surface area contributed by atoms with E-state index in [9.17, 15) is 19.2 Å². The maximum Gasteiger partial charge on any atom is 0.303 e. The van der Waals surface area contributed by atoms with Gasteiger partial charge in [-0.2, -0.15) is 0 Å². The van der Waals surface area contributed by atoms with Crippen LogP contribution in [0.2, 0.25) is 0 Å². The molecule has 0 spiro atoms. The zero-order chi connectivity index (χ0) is 28.1. The van der Waals surface area contributed by atoms with E-state index in [-0.39, 0.29) is 43.0 Å². The number of hydrogen-bond donors (Lipinski definition) is 1. The van der Waals surface area contributed by atoms with Gasteiger partial charge in [0.05, 0.1) is 30.4 Å². The van der Waals surface area contributed by atoms with Gasteiger partial charge >= 0.3 is 5.97 Å². The largest absolute Gasteiger partial charge is 0.497 e. The lowest BCUT2D eigenvalue weighted by atomic mass is 9.99. The quantitative estimate of drug-likeness (QED) is 0.165. The Labute approximate surface area is 234 Å². The SMILES string of the molecule is COc1cc(CCCc2cc3sc(C(=O)CCC(C)=O)cc3cc2OC)c2cc(C(=O)CCC(=O)O)sc2c1. The van der Waals surface area contributed by atoms with Gasteiger partial charge in [-0.05, 0) is 84.5 Å². The number of thiophene rings is 2. The lowest BCUT2D eigenvalue weighted by Gasteiger charge is -2.10. The molecule has 1 N–H and O–H groups in total. The first-order valence-corrected chi connectivity index (χ1v) is 14.3. The van der Waals surface area contributed by atoms with Crippen molar-refractivity contribution in [2.75, 3.05) is 14.2 Å². The molecule has 4 rings (SSSR count). The molecule has 2 aromatic heterocycles. The predicted molar refractivity (Wildman–Crippen MR) is 154 cm³/mol. The highest BCUT2D eigenvalue weighted by Crippen LogP contribution is 2.36. The molecule has 9 heteroatoms. The topological polar surface area (TPSA) is 107 Å². The van der Waals surface area contributed by atoms with Gasteiger partial charge in [-0.25, -0.2) is 0 Å². The lowest BCUT2D eigenvalue weighted by Crippen LogP contribution is -2.01. The molecule has 0 aliphatic heterocycles. The Morgan fingerprint density at radius 3 is 2.08 bits per heavy atom. The maximum absolute atomic E-state index is 12.5. The van der Waals surface area contributed by atoms with E-state index in [0.717, 1.165) is 56.3 Å². The molecule has 204 valence electrons. The number of ketones is 3. The summed E-state index contributed by atoms with van der Waals surface area (Å²) in [6.45, 7) is 1.49. The van der Waals surface area contributed by atoms with Gasteiger partial charge in [0.15, 0.2) is 11.6 Å². The van der Waals surface area contributed by atoms with Crippen LogP contribution in [-0.4, -0.2) is 42.6 Å². The second kappa shape index (κ2) is 12.5. The van der Waals surface area contributed by atoms with E-state index in [4.69, 9.17) is 14.6 Å². The number of carbonyl (C=O) groups is 4. The molecule has 2 heterocycles. The lowest BCUT2D eigenvalue weighted by molar-refractivity contribution is -0.137. The van der Waals surface area contributed by atoms with Crippen LogP contribution in [0.5, 0.6) is 11.5 Å². The monoisotopic (exact) mass is 566 g/mol. The molecule has 39 heavy (non-hydrogen) atoms. The summed E-state index contributed by atoms with van der Waals surface area (Å²) < 4.78 is 13.1. The van der Waals surface area contributed by atoms with Gasteiger partial charge in [-0.3, -0.25) is 14.4 Å². The fourth-order valence-electron chi connectivity index (χ4n) is 4.50. The molecule has 0 fully saturated rings. The van der Waals surface area contributed by atoms with Crippen LogP contribution in [0.1, 0.15) is 69.5 Å². The van der Waals surface area contributed by atoms with Crippen molar-refractivity contribution in [1.82, 2.24) is 0 Å². The fraction of sp³-hybridized carbons (Fsp3) is 0.333. The molecule has 2 aromatic carbocycles. The number of ether oxygens (including phenoxy) is 2. The Morgan fingerprint density at radius 1 is 0.744 bits per heavy atom. The van der Waals surface area contributed by atoms with Crippen LogP contribution in [0, 0.1) is 0 Å². The number of aliphatic carboxylic acids is 1. The van der Waals surface area contributed by atoms with E-state index in [2.05, 4.69) is 6.07 Å². The van der Waals surface area contributed by atoms with Crippen LogP contribution < -0.4 is 9.47 Å². The molecule has 0 saturated carbocycles. The number of methoxy groups -OCH3 is 2. The van der Waals surface area contributed by atoms with Gasteiger partial charge in [-0.15, -0.1) is 22.7 Å². The van der Waals surface area contributed by atoms with Gasteiger partial charge in [-0.1, -0.05) is 0 Å². The highest BCUT2D eigenvalue weighted by molar-refractivity contribution is 7.21. The molecule has 0 atom stereocenters. The normalized spacial score (nSPS) is 11.2. The Hall–Kier alpha value is -3.56. The summed E-state index contributed by atoms with van der Waals surface area (Å²) in [6, 6.07) is 11.7. The summed E-state index contributed by atoms with van der Waals surface area (Å²) in [7, 11) is 3.24. The van der Waals surface area contributed by atoms with Crippen molar-refractivity contribution in [2.45, 2.75) is 51.9 Å². The molecule has 0 amide bonds. The average Bonchev–Trinajstić information content (AvgIpc) is 3.53. The van der Waals surface area contributed by atoms with Crippen molar-refractivity contribution in [3.63, 3.8) is 0 Å². The minimum absolute atomic E-state index is 0.00480. The van der Waals surface area contributed by atoms with Gasteiger partial charge in [0.25, 0.3) is 0 Å². The summed E-state index contributed by atoms with van der Waals surface area (Å²) >= 11 is 2.80. The maximum atomic E-state index is 12.5. The first-order valence-electron chi connectivity index (χ1n) is 12.7. The van der Waals surface area contributed by atoms with Gasteiger partial charge in [0, 0.05) is 28.7 Å². The second-order valence-corrected chi connectivity index (χ2v) is 11.6. The van der Waals surface area contributed by atoms with Gasteiger partial charge in [0.2, 0.25) is 0 Å². The predicted octanol–water partition coefficient (Wildman–Crippen LogP) is 6.91. The smallest absolute Gasteiger partial charge is 0.303 e. The molecule has 0 aliphatic rings. The number of carboxylic acids is 1. The highest BCUT2D eigenvalue weighted by Gasteiger charge is 2.17. The van der Waals surface area contributed by atoms with E-state index >= 15 is 0 Å². The molecule has 4 aromatic rings. The number of hydrogen-bond acceptors (Lipinski definition) is 8. The average molecular weight is 567 g/mol. The van der Waals surface area contributed by atoms with Crippen molar-refractivity contribution in [2.24, 2.45) is 0 Å². The van der Waals surface area contributed by atoms with Crippen LogP contribution >= 0.6 is 22.7 Å². The zero-order valence-electron chi connectivity index (χ0n) is 22.1. The second-order valence-electron chi connectivity index (χ2n) is 9.42. The van der Waals surface area contributed by atoms with Crippen molar-refractivity contribution in [3.05, 3.63) is 57.3 Å². The molecule has 0 unspecified atom stereocenters. The number of rotatable bonds is 14. The summed E-state index contributed by atoms with van der Waals surface area (Å²) in [5, 5.41) is 10.8. The zero-order valence-corrected chi connectivity index (χ0v) is 23.8. The third kappa shape index (κ3) is 6.91. The Balaban J connectivity index is 1.53. The standard InChI is InChI=1S/C30H30O7S2/c1-17(31)7-8-23(32)28-14-20-12-25(37-3)19(13-26(20)38-28)6-4-5-18-11-21(36-2)15-27-22(18)16-29(39-27)24(33)9-10-30(34)35/h11-16H,4-10H2,1-3H3,(H,34,35). The summed E-state index contributed by atoms with van der Waals surface area (Å²) in [5.41, 5.74) is 2.11. The fourth-order valence-corrected chi connectivity index (χ4v) is 6.68. The van der Waals surface area contributed by atoms with Crippen LogP contribution in [0.15, 0.2) is 36.4 Å². The van der Waals surface area contributed by atoms with Crippen molar-refractivity contribution < 1.29 is 33.8 Å². The van der Waals surface area contributed by atoms with E-state index in [1.54, 1.807) is 14.2 Å². The highest BCUT2D eigenvalue weighted by atomic mass is 32.1. The van der Waals surface area contributed by atoms with E-state index in [0.29, 0.717) is 15.5 Å². The summed E-state index contributed by atoms with van der Waals surface area (Å²) in [6.07, 6.45) is 2.57. The van der Waals surface area contributed by atoms with Crippen LogP contribution in [0.3, 0.4) is 0 Å². The third-order valence-corrected chi connectivity index (χ3v) is 8.83. The molecule has 0 aliphatic carbocycles. The van der Waals surface area contributed by atoms with Crippen LogP contribution in [0.4, 0.5) is 0 Å².